The molecule has 4 aromatic rings. The van der Waals surface area contributed by atoms with E-state index < -0.39 is 12.1 Å². The van der Waals surface area contributed by atoms with Crippen LogP contribution in [0.2, 0.25) is 0 Å². The van der Waals surface area contributed by atoms with Crippen molar-refractivity contribution in [2.75, 3.05) is 13.1 Å². The normalized spacial score (nSPS) is 15.6. The summed E-state index contributed by atoms with van der Waals surface area (Å²) >= 11 is 0. The Bertz CT molecular complexity index is 1210. The Morgan fingerprint density at radius 2 is 1.87 bits per heavy atom. The molecule has 0 aromatic carbocycles. The Morgan fingerprint density at radius 1 is 1.06 bits per heavy atom. The molecule has 160 valence electrons. The molecule has 1 aliphatic rings. The number of piperidine rings is 1. The van der Waals surface area contributed by atoms with Gasteiger partial charge in [0.05, 0.1) is 23.3 Å². The lowest BCUT2D eigenvalue weighted by Gasteiger charge is -2.25. The Balaban J connectivity index is 1.46. The van der Waals surface area contributed by atoms with Crippen LogP contribution in [-0.2, 0) is 12.7 Å². The molecule has 0 spiro atoms. The zero-order valence-electron chi connectivity index (χ0n) is 16.4. The first kappa shape index (κ1) is 19.6. The van der Waals surface area contributed by atoms with Gasteiger partial charge in [0.15, 0.2) is 0 Å². The number of hydrogen-bond donors (Lipinski definition) is 1. The SMILES string of the molecule is FC(F)(F)c1nc(-c2ccnc(-c3cc4c(CN5CCCCC5)[nH]nc4cn3)c2)no1. The van der Waals surface area contributed by atoms with Crippen molar-refractivity contribution < 1.29 is 17.7 Å². The van der Waals surface area contributed by atoms with E-state index in [2.05, 4.69) is 39.7 Å². The maximum absolute atomic E-state index is 12.8. The van der Waals surface area contributed by atoms with Gasteiger partial charge in [-0.1, -0.05) is 11.6 Å². The van der Waals surface area contributed by atoms with E-state index in [-0.39, 0.29) is 5.82 Å². The maximum atomic E-state index is 12.8. The minimum absolute atomic E-state index is 0.161. The third kappa shape index (κ3) is 4.00. The Labute approximate surface area is 174 Å². The van der Waals surface area contributed by atoms with E-state index in [0.717, 1.165) is 36.2 Å². The molecular weight excluding hydrogens is 411 g/mol. The first-order valence-electron chi connectivity index (χ1n) is 9.90. The predicted octanol–water partition coefficient (Wildman–Crippen LogP) is 4.07. The van der Waals surface area contributed by atoms with E-state index >= 15 is 0 Å². The van der Waals surface area contributed by atoms with E-state index in [1.807, 2.05) is 6.07 Å². The number of nitrogens with one attached hydrogen (secondary N) is 1. The van der Waals surface area contributed by atoms with Crippen LogP contribution in [-0.4, -0.2) is 48.3 Å². The number of fused-ring (bicyclic) bond motifs is 1. The number of hydrogen-bond acceptors (Lipinski definition) is 7. The molecule has 0 saturated carbocycles. The van der Waals surface area contributed by atoms with Crippen molar-refractivity contribution in [3.8, 4) is 22.8 Å². The molecule has 4 aromatic heterocycles. The average molecular weight is 429 g/mol. The summed E-state index contributed by atoms with van der Waals surface area (Å²) < 4.78 is 42.6. The lowest BCUT2D eigenvalue weighted by molar-refractivity contribution is -0.159. The molecule has 11 heteroatoms. The number of alkyl halides is 3. The van der Waals surface area contributed by atoms with Crippen LogP contribution in [0.1, 0.15) is 30.8 Å². The summed E-state index contributed by atoms with van der Waals surface area (Å²) in [6, 6.07) is 5.00. The summed E-state index contributed by atoms with van der Waals surface area (Å²) in [6.45, 7) is 2.90. The number of aromatic amines is 1. The van der Waals surface area contributed by atoms with Crippen LogP contribution in [0.25, 0.3) is 33.7 Å². The molecule has 5 heterocycles. The molecule has 0 aliphatic carbocycles. The fourth-order valence-electron chi connectivity index (χ4n) is 3.73. The quantitative estimate of drug-likeness (QED) is 0.522. The van der Waals surface area contributed by atoms with Gasteiger partial charge in [0, 0.05) is 23.7 Å². The molecule has 1 fully saturated rings. The van der Waals surface area contributed by atoms with Gasteiger partial charge in [-0.05, 0) is 44.1 Å². The highest BCUT2D eigenvalue weighted by Gasteiger charge is 2.38. The lowest BCUT2D eigenvalue weighted by atomic mass is 10.1. The van der Waals surface area contributed by atoms with Gasteiger partial charge in [-0.25, -0.2) is 0 Å². The molecule has 0 bridgehead atoms. The highest BCUT2D eigenvalue weighted by molar-refractivity contribution is 5.84. The molecule has 1 aliphatic heterocycles. The third-order valence-electron chi connectivity index (χ3n) is 5.30. The second-order valence-corrected chi connectivity index (χ2v) is 7.48. The number of H-pyrrole nitrogens is 1. The molecule has 5 rings (SSSR count). The van der Waals surface area contributed by atoms with Crippen LogP contribution in [0.5, 0.6) is 0 Å². The largest absolute Gasteiger partial charge is 0.471 e. The van der Waals surface area contributed by atoms with Crippen molar-refractivity contribution in [2.45, 2.75) is 32.0 Å². The highest BCUT2D eigenvalue weighted by atomic mass is 19.4. The third-order valence-corrected chi connectivity index (χ3v) is 5.30. The summed E-state index contributed by atoms with van der Waals surface area (Å²) in [5, 5.41) is 11.8. The van der Waals surface area contributed by atoms with Crippen molar-refractivity contribution >= 4 is 10.9 Å². The standard InChI is InChI=1S/C20H18F3N7O/c21-20(22,23)19-26-18(29-31-19)12-4-5-24-14(8-12)15-9-13-16(10-25-15)27-28-17(13)11-30-6-2-1-3-7-30/h4-5,8-10H,1-3,6-7,11H2,(H,27,28). The van der Waals surface area contributed by atoms with Gasteiger partial charge >= 0.3 is 12.1 Å². The molecule has 1 saturated heterocycles. The van der Waals surface area contributed by atoms with Crippen LogP contribution in [0.4, 0.5) is 13.2 Å². The predicted molar refractivity (Wildman–Crippen MR) is 105 cm³/mol. The van der Waals surface area contributed by atoms with E-state index in [1.165, 1.54) is 31.5 Å². The van der Waals surface area contributed by atoms with E-state index in [1.54, 1.807) is 12.3 Å². The number of likely N-dealkylation sites (tertiary alicyclic amines) is 1. The van der Waals surface area contributed by atoms with E-state index in [0.29, 0.717) is 17.0 Å². The van der Waals surface area contributed by atoms with Gasteiger partial charge in [-0.2, -0.15) is 23.3 Å². The van der Waals surface area contributed by atoms with Gasteiger partial charge < -0.3 is 4.52 Å². The van der Waals surface area contributed by atoms with Gasteiger partial charge in [0.1, 0.15) is 5.52 Å². The highest BCUT2D eigenvalue weighted by Crippen LogP contribution is 2.30. The van der Waals surface area contributed by atoms with Gasteiger partial charge in [0.25, 0.3) is 0 Å². The van der Waals surface area contributed by atoms with Crippen LogP contribution >= 0.6 is 0 Å². The monoisotopic (exact) mass is 429 g/mol. The molecule has 31 heavy (non-hydrogen) atoms. The topological polar surface area (TPSA) is 96.6 Å². The molecule has 0 unspecified atom stereocenters. The minimum atomic E-state index is -4.69. The summed E-state index contributed by atoms with van der Waals surface area (Å²) in [5.74, 6) is -1.55. The van der Waals surface area contributed by atoms with Crippen molar-refractivity contribution in [3.63, 3.8) is 0 Å². The van der Waals surface area contributed by atoms with Crippen LogP contribution in [0.3, 0.4) is 0 Å². The van der Waals surface area contributed by atoms with Crippen molar-refractivity contribution in [1.82, 2.24) is 35.2 Å². The molecular formula is C20H18F3N7O. The zero-order valence-corrected chi connectivity index (χ0v) is 16.4. The molecule has 8 nitrogen and oxygen atoms in total. The number of nitrogens with zero attached hydrogens (tertiary/aromatic N) is 6. The fraction of sp³-hybridized carbons (Fsp3) is 0.350. The van der Waals surface area contributed by atoms with Crippen LogP contribution in [0.15, 0.2) is 35.1 Å². The summed E-state index contributed by atoms with van der Waals surface area (Å²) in [4.78, 5) is 14.6. The van der Waals surface area contributed by atoms with Crippen LogP contribution in [0, 0.1) is 0 Å². The van der Waals surface area contributed by atoms with Crippen molar-refractivity contribution in [1.29, 1.82) is 0 Å². The molecule has 0 amide bonds. The Morgan fingerprint density at radius 3 is 2.65 bits per heavy atom. The lowest BCUT2D eigenvalue weighted by Crippen LogP contribution is -2.29. The number of aromatic nitrogens is 6. The van der Waals surface area contributed by atoms with Gasteiger partial charge in [0.2, 0.25) is 5.82 Å². The maximum Gasteiger partial charge on any atom is 0.471 e. The average Bonchev–Trinajstić information content (AvgIpc) is 3.42. The first-order chi connectivity index (χ1) is 15.0. The van der Waals surface area contributed by atoms with Crippen molar-refractivity contribution in [2.24, 2.45) is 0 Å². The summed E-state index contributed by atoms with van der Waals surface area (Å²) in [5.41, 5.74) is 3.18. The second-order valence-electron chi connectivity index (χ2n) is 7.48. The number of pyridine rings is 2. The molecule has 0 radical (unpaired) electrons. The van der Waals surface area contributed by atoms with Crippen molar-refractivity contribution in [3.05, 3.63) is 42.2 Å². The molecule has 1 N–H and O–H groups in total. The first-order valence-corrected chi connectivity index (χ1v) is 9.90. The smallest absolute Gasteiger partial charge is 0.329 e. The fourth-order valence-corrected chi connectivity index (χ4v) is 3.73. The van der Waals surface area contributed by atoms with Crippen LogP contribution < -0.4 is 0 Å². The second kappa shape index (κ2) is 7.73. The zero-order chi connectivity index (χ0) is 21.4. The summed E-state index contributed by atoms with van der Waals surface area (Å²) in [7, 11) is 0. The Hall–Kier alpha value is -3.34. The number of halogens is 3. The summed E-state index contributed by atoms with van der Waals surface area (Å²) in [6.07, 6.45) is 2.10. The molecule has 0 atom stereocenters. The number of rotatable bonds is 4. The Kier molecular flexibility index (Phi) is 4.89. The van der Waals surface area contributed by atoms with E-state index in [9.17, 15) is 13.2 Å². The van der Waals surface area contributed by atoms with Gasteiger partial charge in [-0.15, -0.1) is 0 Å². The van der Waals surface area contributed by atoms with E-state index in [4.69, 9.17) is 0 Å². The minimum Gasteiger partial charge on any atom is -0.329 e. The van der Waals surface area contributed by atoms with Gasteiger partial charge in [-0.3, -0.25) is 20.0 Å².